The van der Waals surface area contributed by atoms with Crippen LogP contribution in [0.15, 0.2) is 48.1 Å². The third kappa shape index (κ3) is 4.73. The number of carbonyl (C=O) groups excluding carboxylic acids is 1. The summed E-state index contributed by atoms with van der Waals surface area (Å²) in [6, 6.07) is 14.3. The Hall–Kier alpha value is -3.05. The Morgan fingerprint density at radius 2 is 1.84 bits per heavy atom. The highest BCUT2D eigenvalue weighted by Crippen LogP contribution is 2.49. The molecule has 1 unspecified atom stereocenters. The summed E-state index contributed by atoms with van der Waals surface area (Å²) in [6.07, 6.45) is 7.56. The molecule has 32 heavy (non-hydrogen) atoms. The van der Waals surface area contributed by atoms with Gasteiger partial charge in [0.05, 0.1) is 18.2 Å². The summed E-state index contributed by atoms with van der Waals surface area (Å²) in [5.41, 5.74) is 0.0780. The number of ether oxygens (including phenoxy) is 1. The van der Waals surface area contributed by atoms with Gasteiger partial charge in [-0.15, -0.1) is 0 Å². The second-order valence-corrected chi connectivity index (χ2v) is 10.1. The molecule has 2 heterocycles. The van der Waals surface area contributed by atoms with Crippen LogP contribution in [0.2, 0.25) is 0 Å². The molecule has 2 bridgehead atoms. The molecule has 0 N–H and O–H groups in total. The van der Waals surface area contributed by atoms with E-state index in [9.17, 15) is 15.3 Å². The van der Waals surface area contributed by atoms with E-state index in [4.69, 9.17) is 4.74 Å². The predicted molar refractivity (Wildman–Crippen MR) is 125 cm³/mol. The van der Waals surface area contributed by atoms with Crippen molar-refractivity contribution >= 4 is 12.2 Å². The number of rotatable bonds is 5. The van der Waals surface area contributed by atoms with Gasteiger partial charge in [-0.05, 0) is 50.7 Å². The molecule has 1 amide bonds. The summed E-state index contributed by atoms with van der Waals surface area (Å²) >= 11 is 0. The first kappa shape index (κ1) is 23.6. The molecule has 5 nitrogen and oxygen atoms in total. The van der Waals surface area contributed by atoms with Crippen molar-refractivity contribution in [2.24, 2.45) is 17.3 Å². The molecule has 0 aromatic heterocycles. The van der Waals surface area contributed by atoms with Gasteiger partial charge in [-0.2, -0.15) is 10.5 Å². The Morgan fingerprint density at radius 3 is 2.41 bits per heavy atom. The molecule has 5 heteroatoms. The lowest BCUT2D eigenvalue weighted by molar-refractivity contribution is 0.00862. The van der Waals surface area contributed by atoms with Crippen LogP contribution in [0.25, 0.3) is 6.08 Å². The monoisotopic (exact) mass is 431 g/mol. The van der Waals surface area contributed by atoms with Gasteiger partial charge in [0.1, 0.15) is 5.60 Å². The maximum absolute atomic E-state index is 13.0. The molecular formula is C27H33N3O2. The average Bonchev–Trinajstić information content (AvgIpc) is 3.04. The molecule has 1 aromatic rings. The molecule has 0 spiro atoms. The lowest BCUT2D eigenvalue weighted by atomic mass is 9.67. The van der Waals surface area contributed by atoms with E-state index in [0.29, 0.717) is 6.42 Å². The quantitative estimate of drug-likeness (QED) is 0.528. The highest BCUT2D eigenvalue weighted by Gasteiger charge is 2.52. The van der Waals surface area contributed by atoms with E-state index in [1.807, 2.05) is 74.2 Å². The van der Waals surface area contributed by atoms with Crippen molar-refractivity contribution in [1.82, 2.24) is 4.90 Å². The highest BCUT2D eigenvalue weighted by molar-refractivity contribution is 5.71. The Labute approximate surface area is 192 Å². The van der Waals surface area contributed by atoms with E-state index in [-0.39, 0.29) is 30.0 Å². The summed E-state index contributed by atoms with van der Waals surface area (Å²) in [6.45, 7) is 9.81. The topological polar surface area (TPSA) is 77.1 Å². The van der Waals surface area contributed by atoms with Gasteiger partial charge in [-0.3, -0.25) is 4.90 Å². The molecule has 2 aliphatic rings. The van der Waals surface area contributed by atoms with Gasteiger partial charge in [-0.1, -0.05) is 62.4 Å². The van der Waals surface area contributed by atoms with Crippen LogP contribution in [-0.4, -0.2) is 28.7 Å². The third-order valence-electron chi connectivity index (χ3n) is 6.35. The van der Waals surface area contributed by atoms with Crippen LogP contribution < -0.4 is 0 Å². The molecule has 2 aliphatic heterocycles. The van der Waals surface area contributed by atoms with Crippen molar-refractivity contribution in [2.75, 3.05) is 0 Å². The Kier molecular flexibility index (Phi) is 6.79. The second-order valence-electron chi connectivity index (χ2n) is 10.1. The molecule has 1 fully saturated rings. The van der Waals surface area contributed by atoms with Crippen molar-refractivity contribution in [3.05, 3.63) is 53.6 Å². The number of benzene rings is 1. The number of hydrogen-bond acceptors (Lipinski definition) is 4. The zero-order valence-corrected chi connectivity index (χ0v) is 19.7. The second kappa shape index (κ2) is 9.21. The first-order valence-electron chi connectivity index (χ1n) is 11.4. The minimum absolute atomic E-state index is 0.0611. The van der Waals surface area contributed by atoms with Gasteiger partial charge in [0.15, 0.2) is 5.41 Å². The lowest BCUT2D eigenvalue weighted by Crippen LogP contribution is -2.52. The molecule has 3 rings (SSSR count). The van der Waals surface area contributed by atoms with Crippen LogP contribution in [-0.2, 0) is 4.74 Å². The fraction of sp³-hybridized carbons (Fsp3) is 0.519. The van der Waals surface area contributed by atoms with Crippen molar-refractivity contribution in [3.8, 4) is 12.1 Å². The zero-order valence-electron chi connectivity index (χ0n) is 19.7. The van der Waals surface area contributed by atoms with E-state index in [0.717, 1.165) is 24.0 Å². The number of nitrogens with zero attached hydrogens (tertiary/aromatic N) is 3. The number of hydrogen-bond donors (Lipinski definition) is 0. The first-order valence-corrected chi connectivity index (χ1v) is 11.4. The summed E-state index contributed by atoms with van der Waals surface area (Å²) in [5.74, 6) is 0.111. The van der Waals surface area contributed by atoms with E-state index in [1.165, 1.54) is 0 Å². The van der Waals surface area contributed by atoms with Gasteiger partial charge in [0.2, 0.25) is 0 Å². The Morgan fingerprint density at radius 1 is 1.19 bits per heavy atom. The minimum atomic E-state index is -1.25. The summed E-state index contributed by atoms with van der Waals surface area (Å²) in [4.78, 5) is 14.8. The van der Waals surface area contributed by atoms with Crippen molar-refractivity contribution in [2.45, 2.75) is 71.6 Å². The Bertz CT molecular complexity index is 959. The standard InChI is InChI=1S/C27H33N3O2/c1-19(2)24-22(16-21-13-14-23(24)30(21)25(31)32-26(3,4)5)27(17-28,18-29)15-9-12-20-10-7-6-8-11-20/h6-12,16,19,21,23-24H,13-15H2,1-5H3/b12-9+/t21?,23-,24+/m0/s1. The largest absolute Gasteiger partial charge is 0.444 e. The van der Waals surface area contributed by atoms with E-state index >= 15 is 0 Å². The smallest absolute Gasteiger partial charge is 0.411 e. The number of allylic oxidation sites excluding steroid dienone is 1. The predicted octanol–water partition coefficient (Wildman–Crippen LogP) is 6.10. The molecule has 0 saturated carbocycles. The molecule has 168 valence electrons. The minimum Gasteiger partial charge on any atom is -0.444 e. The van der Waals surface area contributed by atoms with E-state index in [1.54, 1.807) is 0 Å². The van der Waals surface area contributed by atoms with Crippen LogP contribution in [0.5, 0.6) is 0 Å². The van der Waals surface area contributed by atoms with Crippen LogP contribution >= 0.6 is 0 Å². The van der Waals surface area contributed by atoms with Crippen molar-refractivity contribution in [1.29, 1.82) is 10.5 Å². The number of fused-ring (bicyclic) bond motifs is 2. The first-order chi connectivity index (χ1) is 15.1. The van der Waals surface area contributed by atoms with Gasteiger partial charge < -0.3 is 4.74 Å². The molecule has 3 atom stereocenters. The normalized spacial score (nSPS) is 23.1. The fourth-order valence-electron chi connectivity index (χ4n) is 5.02. The molecule has 1 aromatic carbocycles. The van der Waals surface area contributed by atoms with Crippen LogP contribution in [0.4, 0.5) is 4.79 Å². The maximum Gasteiger partial charge on any atom is 0.411 e. The number of amides is 1. The average molecular weight is 432 g/mol. The van der Waals surface area contributed by atoms with Gasteiger partial charge in [0, 0.05) is 18.4 Å². The van der Waals surface area contributed by atoms with Gasteiger partial charge in [-0.25, -0.2) is 4.79 Å². The van der Waals surface area contributed by atoms with E-state index in [2.05, 4.69) is 26.0 Å². The SMILES string of the molecule is CC(C)[C@@H]1C(C(C#N)(C#N)C/C=C/c2ccccc2)=CC2CC[C@@H]1N2C(=O)OC(C)(C)C. The number of carbonyl (C=O) groups is 1. The zero-order chi connectivity index (χ0) is 23.5. The van der Waals surface area contributed by atoms with Crippen LogP contribution in [0, 0.1) is 39.9 Å². The number of nitriles is 2. The molecule has 0 aliphatic carbocycles. The summed E-state index contributed by atoms with van der Waals surface area (Å²) in [7, 11) is 0. The molecule has 0 radical (unpaired) electrons. The van der Waals surface area contributed by atoms with Crippen molar-refractivity contribution < 1.29 is 9.53 Å². The van der Waals surface area contributed by atoms with Crippen LogP contribution in [0.1, 0.15) is 59.4 Å². The van der Waals surface area contributed by atoms with Gasteiger partial charge in [0.25, 0.3) is 0 Å². The Balaban J connectivity index is 1.96. The lowest BCUT2D eigenvalue weighted by Gasteiger charge is -2.44. The molecule has 1 saturated heterocycles. The van der Waals surface area contributed by atoms with Gasteiger partial charge >= 0.3 is 6.09 Å². The molecular weight excluding hydrogens is 398 g/mol. The van der Waals surface area contributed by atoms with E-state index < -0.39 is 11.0 Å². The highest BCUT2D eigenvalue weighted by atomic mass is 16.6. The summed E-state index contributed by atoms with van der Waals surface area (Å²) < 4.78 is 5.69. The van der Waals surface area contributed by atoms with Crippen LogP contribution in [0.3, 0.4) is 0 Å². The van der Waals surface area contributed by atoms with Crippen molar-refractivity contribution in [3.63, 3.8) is 0 Å². The third-order valence-corrected chi connectivity index (χ3v) is 6.35. The fourth-order valence-corrected chi connectivity index (χ4v) is 5.02. The summed E-state index contributed by atoms with van der Waals surface area (Å²) in [5, 5.41) is 20.4. The maximum atomic E-state index is 13.0.